The Hall–Kier alpha value is -1.32. The number of aryl methyl sites for hydroxylation is 2. The van der Waals surface area contributed by atoms with Gasteiger partial charge in [-0.25, -0.2) is 13.9 Å². The van der Waals surface area contributed by atoms with E-state index in [1.807, 2.05) is 40.3 Å². The highest BCUT2D eigenvalue weighted by atomic mass is 16.5. The van der Waals surface area contributed by atoms with E-state index < -0.39 is 0 Å². The molecule has 1 rings (SSSR count). The normalized spacial score (nSPS) is 10.6. The second-order valence-electron chi connectivity index (χ2n) is 3.84. The van der Waals surface area contributed by atoms with Gasteiger partial charge in [-0.1, -0.05) is 13.8 Å². The summed E-state index contributed by atoms with van der Waals surface area (Å²) in [6, 6.07) is 0. The first-order valence-corrected chi connectivity index (χ1v) is 4.70. The van der Waals surface area contributed by atoms with Crippen molar-refractivity contribution in [2.75, 3.05) is 6.61 Å². The van der Waals surface area contributed by atoms with Crippen LogP contribution in [0, 0.1) is 5.92 Å². The summed E-state index contributed by atoms with van der Waals surface area (Å²) in [5.74, 6) is 0.656. The maximum Gasteiger partial charge on any atom is 0.422 e. The number of ether oxygens (including phenoxy) is 1. The molecule has 0 unspecified atom stereocenters. The monoisotopic (exact) mass is 197 g/mol. The molecule has 14 heavy (non-hydrogen) atoms. The SMILES string of the molecule is CC(C)COC(=O)c1n(C)cc[n+]1C. The van der Waals surface area contributed by atoms with Crippen LogP contribution in [-0.2, 0) is 18.8 Å². The smallest absolute Gasteiger partial charge is 0.422 e. The van der Waals surface area contributed by atoms with Crippen molar-refractivity contribution < 1.29 is 14.1 Å². The zero-order valence-electron chi connectivity index (χ0n) is 9.15. The quantitative estimate of drug-likeness (QED) is 0.527. The van der Waals surface area contributed by atoms with Gasteiger partial charge in [-0.05, 0) is 5.92 Å². The van der Waals surface area contributed by atoms with Crippen molar-refractivity contribution in [3.63, 3.8) is 0 Å². The molecular formula is C10H17N2O2+. The number of rotatable bonds is 3. The van der Waals surface area contributed by atoms with Gasteiger partial charge in [0.1, 0.15) is 12.4 Å². The van der Waals surface area contributed by atoms with E-state index in [2.05, 4.69) is 0 Å². The highest BCUT2D eigenvalue weighted by molar-refractivity contribution is 5.83. The summed E-state index contributed by atoms with van der Waals surface area (Å²) < 4.78 is 8.63. The molecule has 1 aromatic heterocycles. The molecule has 1 heterocycles. The van der Waals surface area contributed by atoms with Crippen LogP contribution in [0.1, 0.15) is 24.5 Å². The van der Waals surface area contributed by atoms with Crippen molar-refractivity contribution in [2.24, 2.45) is 20.0 Å². The Kier molecular flexibility index (Phi) is 3.28. The number of hydrogen-bond donors (Lipinski definition) is 0. The Morgan fingerprint density at radius 3 is 2.71 bits per heavy atom. The summed E-state index contributed by atoms with van der Waals surface area (Å²) in [5.41, 5.74) is 0. The van der Waals surface area contributed by atoms with E-state index in [1.54, 1.807) is 9.13 Å². The third-order valence-electron chi connectivity index (χ3n) is 1.91. The second-order valence-corrected chi connectivity index (χ2v) is 3.84. The number of carbonyl (C=O) groups is 1. The Balaban J connectivity index is 2.70. The minimum Gasteiger partial charge on any atom is -0.456 e. The third kappa shape index (κ3) is 2.34. The van der Waals surface area contributed by atoms with Gasteiger partial charge in [-0.15, -0.1) is 0 Å². The highest BCUT2D eigenvalue weighted by Gasteiger charge is 2.22. The number of hydrogen-bond acceptors (Lipinski definition) is 2. The Morgan fingerprint density at radius 2 is 2.29 bits per heavy atom. The lowest BCUT2D eigenvalue weighted by molar-refractivity contribution is -0.673. The molecule has 0 spiro atoms. The van der Waals surface area contributed by atoms with E-state index >= 15 is 0 Å². The first kappa shape index (κ1) is 10.8. The molecule has 0 aliphatic heterocycles. The number of esters is 1. The first-order chi connectivity index (χ1) is 6.52. The van der Waals surface area contributed by atoms with Crippen molar-refractivity contribution in [2.45, 2.75) is 13.8 Å². The molecule has 0 amide bonds. The van der Waals surface area contributed by atoms with Crippen LogP contribution >= 0.6 is 0 Å². The van der Waals surface area contributed by atoms with Gasteiger partial charge in [0.15, 0.2) is 0 Å². The van der Waals surface area contributed by atoms with Crippen LogP contribution in [0.25, 0.3) is 0 Å². The molecular weight excluding hydrogens is 180 g/mol. The molecule has 78 valence electrons. The van der Waals surface area contributed by atoms with E-state index in [-0.39, 0.29) is 5.97 Å². The second kappa shape index (κ2) is 4.26. The highest BCUT2D eigenvalue weighted by Crippen LogP contribution is 1.98. The predicted octanol–water partition coefficient (Wildman–Crippen LogP) is 0.662. The van der Waals surface area contributed by atoms with Crippen LogP contribution in [0.3, 0.4) is 0 Å². The van der Waals surface area contributed by atoms with Crippen LogP contribution < -0.4 is 4.57 Å². The summed E-state index contributed by atoms with van der Waals surface area (Å²) in [6.45, 7) is 4.49. The minimum absolute atomic E-state index is 0.270. The molecule has 0 atom stereocenters. The van der Waals surface area contributed by atoms with Gasteiger partial charge < -0.3 is 4.74 Å². The predicted molar refractivity (Wildman–Crippen MR) is 51.7 cm³/mol. The lowest BCUT2D eigenvalue weighted by atomic mass is 10.2. The summed E-state index contributed by atoms with van der Waals surface area (Å²) in [6.07, 6.45) is 3.65. The lowest BCUT2D eigenvalue weighted by Gasteiger charge is -2.04. The minimum atomic E-state index is -0.270. The molecule has 0 aliphatic rings. The molecule has 0 N–H and O–H groups in total. The zero-order valence-corrected chi connectivity index (χ0v) is 9.15. The zero-order chi connectivity index (χ0) is 10.7. The van der Waals surface area contributed by atoms with Crippen LogP contribution in [0.2, 0.25) is 0 Å². The Bertz CT molecular complexity index is 309. The van der Waals surface area contributed by atoms with Gasteiger partial charge in [-0.3, -0.25) is 0 Å². The van der Waals surface area contributed by atoms with E-state index in [0.29, 0.717) is 18.3 Å². The molecule has 0 saturated carbocycles. The first-order valence-electron chi connectivity index (χ1n) is 4.70. The lowest BCUT2D eigenvalue weighted by Crippen LogP contribution is -2.36. The van der Waals surface area contributed by atoms with Crippen molar-refractivity contribution in [1.29, 1.82) is 0 Å². The molecule has 1 aromatic rings. The molecule has 0 aliphatic carbocycles. The summed E-state index contributed by atoms with van der Waals surface area (Å²) in [7, 11) is 3.65. The van der Waals surface area contributed by atoms with E-state index in [0.717, 1.165) is 0 Å². The van der Waals surface area contributed by atoms with E-state index in [1.165, 1.54) is 0 Å². The van der Waals surface area contributed by atoms with Crippen molar-refractivity contribution in [3.05, 3.63) is 18.2 Å². The standard InChI is InChI=1S/C10H17N2O2/c1-8(2)7-14-10(13)9-11(3)5-6-12(9)4/h5-6,8H,7H2,1-4H3/q+1. The van der Waals surface area contributed by atoms with Crippen molar-refractivity contribution in [1.82, 2.24) is 4.57 Å². The summed E-state index contributed by atoms with van der Waals surface area (Å²) in [4.78, 5) is 11.6. The van der Waals surface area contributed by atoms with Gasteiger partial charge in [0.05, 0.1) is 20.7 Å². The molecule has 0 radical (unpaired) electrons. The number of imidazole rings is 1. The van der Waals surface area contributed by atoms with E-state index in [4.69, 9.17) is 4.74 Å². The van der Waals surface area contributed by atoms with Gasteiger partial charge in [-0.2, -0.15) is 0 Å². The van der Waals surface area contributed by atoms with E-state index in [9.17, 15) is 4.79 Å². The molecule has 4 heteroatoms. The van der Waals surface area contributed by atoms with Crippen LogP contribution in [0.15, 0.2) is 12.4 Å². The van der Waals surface area contributed by atoms with Gasteiger partial charge in [0.2, 0.25) is 0 Å². The molecule has 0 fully saturated rings. The average Bonchev–Trinajstić information content (AvgIpc) is 2.42. The summed E-state index contributed by atoms with van der Waals surface area (Å²) in [5, 5.41) is 0. The van der Waals surface area contributed by atoms with Gasteiger partial charge in [0.25, 0.3) is 0 Å². The number of carbonyl (C=O) groups excluding carboxylic acids is 1. The maximum atomic E-state index is 11.6. The largest absolute Gasteiger partial charge is 0.456 e. The fourth-order valence-electron chi connectivity index (χ4n) is 1.18. The fraction of sp³-hybridized carbons (Fsp3) is 0.600. The van der Waals surface area contributed by atoms with Crippen molar-refractivity contribution in [3.8, 4) is 0 Å². The molecule has 0 aromatic carbocycles. The van der Waals surface area contributed by atoms with Gasteiger partial charge >= 0.3 is 11.8 Å². The van der Waals surface area contributed by atoms with Crippen LogP contribution in [0.4, 0.5) is 0 Å². The molecule has 0 bridgehead atoms. The Morgan fingerprint density at radius 1 is 1.64 bits per heavy atom. The number of nitrogens with zero attached hydrogens (tertiary/aromatic N) is 2. The van der Waals surface area contributed by atoms with Crippen molar-refractivity contribution >= 4 is 5.97 Å². The third-order valence-corrected chi connectivity index (χ3v) is 1.91. The van der Waals surface area contributed by atoms with Crippen LogP contribution in [0.5, 0.6) is 0 Å². The van der Waals surface area contributed by atoms with Gasteiger partial charge in [0, 0.05) is 0 Å². The molecule has 0 saturated heterocycles. The average molecular weight is 197 g/mol. The maximum absolute atomic E-state index is 11.6. The fourth-order valence-corrected chi connectivity index (χ4v) is 1.18. The summed E-state index contributed by atoms with van der Waals surface area (Å²) >= 11 is 0. The number of aromatic nitrogens is 2. The topological polar surface area (TPSA) is 35.1 Å². The molecule has 4 nitrogen and oxygen atoms in total. The van der Waals surface area contributed by atoms with Crippen LogP contribution in [-0.4, -0.2) is 17.1 Å². The Labute approximate surface area is 84.1 Å².